The number of rotatable bonds is 8. The van der Waals surface area contributed by atoms with Crippen molar-refractivity contribution in [3.05, 3.63) is 71.8 Å². The van der Waals surface area contributed by atoms with E-state index in [9.17, 15) is 0 Å². The van der Waals surface area contributed by atoms with Gasteiger partial charge in [0.1, 0.15) is 24.4 Å². The molecular formula is C22H26O6. The van der Waals surface area contributed by atoms with Crippen LogP contribution >= 0.6 is 0 Å². The Morgan fingerprint density at radius 2 is 1.04 bits per heavy atom. The smallest absolute Gasteiger partial charge is 0.186 e. The molecule has 0 aromatic heterocycles. The summed E-state index contributed by atoms with van der Waals surface area (Å²) in [6.45, 7) is 0.906. The van der Waals surface area contributed by atoms with Gasteiger partial charge in [-0.15, -0.1) is 0 Å². The molecule has 0 bridgehead atoms. The van der Waals surface area contributed by atoms with Crippen molar-refractivity contribution in [2.45, 2.75) is 50.2 Å². The molecule has 6 atom stereocenters. The zero-order valence-electron chi connectivity index (χ0n) is 16.1. The van der Waals surface area contributed by atoms with Crippen LogP contribution in [0.1, 0.15) is 11.1 Å². The molecule has 2 saturated heterocycles. The lowest BCUT2D eigenvalue weighted by atomic mass is 10.1. The summed E-state index contributed by atoms with van der Waals surface area (Å²) < 4.78 is 35.4. The minimum atomic E-state index is -0.514. The van der Waals surface area contributed by atoms with Gasteiger partial charge in [-0.1, -0.05) is 60.7 Å². The Kier molecular flexibility index (Phi) is 6.36. The summed E-state index contributed by atoms with van der Waals surface area (Å²) in [4.78, 5) is 0. The Morgan fingerprint density at radius 1 is 0.643 bits per heavy atom. The van der Waals surface area contributed by atoms with E-state index in [-0.39, 0.29) is 24.4 Å². The molecule has 2 aliphatic rings. The summed E-state index contributed by atoms with van der Waals surface area (Å²) in [7, 11) is 3.22. The number of methoxy groups -OCH3 is 2. The van der Waals surface area contributed by atoms with Crippen LogP contribution in [-0.4, -0.2) is 51.2 Å². The van der Waals surface area contributed by atoms with Crippen LogP contribution < -0.4 is 0 Å². The third-order valence-electron chi connectivity index (χ3n) is 5.13. The molecule has 0 aliphatic carbocycles. The fourth-order valence-corrected chi connectivity index (χ4v) is 3.72. The molecule has 150 valence electrons. The van der Waals surface area contributed by atoms with Gasteiger partial charge in [-0.05, 0) is 11.1 Å². The Morgan fingerprint density at radius 3 is 1.39 bits per heavy atom. The highest BCUT2D eigenvalue weighted by atomic mass is 16.8. The molecule has 2 aliphatic heterocycles. The van der Waals surface area contributed by atoms with Gasteiger partial charge in [0.25, 0.3) is 0 Å². The van der Waals surface area contributed by atoms with Crippen LogP contribution in [0.2, 0.25) is 0 Å². The molecule has 2 aromatic carbocycles. The highest BCUT2D eigenvalue weighted by Gasteiger charge is 2.58. The first-order chi connectivity index (χ1) is 13.8. The Labute approximate surface area is 165 Å². The molecule has 0 amide bonds. The van der Waals surface area contributed by atoms with Crippen molar-refractivity contribution in [1.82, 2.24) is 0 Å². The summed E-state index contributed by atoms with van der Waals surface area (Å²) in [5.41, 5.74) is 2.16. The van der Waals surface area contributed by atoms with E-state index < -0.39 is 12.6 Å². The monoisotopic (exact) mass is 386 g/mol. The van der Waals surface area contributed by atoms with Crippen LogP contribution in [-0.2, 0) is 41.6 Å². The Hall–Kier alpha value is -1.80. The van der Waals surface area contributed by atoms with E-state index in [1.54, 1.807) is 14.2 Å². The maximum absolute atomic E-state index is 6.12. The fourth-order valence-electron chi connectivity index (χ4n) is 3.72. The lowest BCUT2D eigenvalue weighted by Gasteiger charge is -2.25. The summed E-state index contributed by atoms with van der Waals surface area (Å²) in [5.74, 6) is 0. The normalized spacial score (nSPS) is 31.8. The predicted octanol–water partition coefficient (Wildman–Crippen LogP) is 2.90. The average Bonchev–Trinajstić information content (AvgIpc) is 3.27. The molecule has 0 spiro atoms. The van der Waals surface area contributed by atoms with Gasteiger partial charge in [0, 0.05) is 14.2 Å². The van der Waals surface area contributed by atoms with E-state index in [0.717, 1.165) is 11.1 Å². The number of hydrogen-bond acceptors (Lipinski definition) is 6. The highest BCUT2D eigenvalue weighted by Crippen LogP contribution is 2.38. The SMILES string of the molecule is COC1O[C@@H]2[C@@H](OC(OC)[C@@H]2OCc2ccccc2)[C@H]1OCc1ccccc1. The van der Waals surface area contributed by atoms with Gasteiger partial charge in [0.15, 0.2) is 12.6 Å². The summed E-state index contributed by atoms with van der Waals surface area (Å²) >= 11 is 0. The molecule has 2 aromatic rings. The van der Waals surface area contributed by atoms with Crippen LogP contribution in [0.25, 0.3) is 0 Å². The molecule has 4 rings (SSSR count). The van der Waals surface area contributed by atoms with Gasteiger partial charge in [0.2, 0.25) is 0 Å². The summed E-state index contributed by atoms with van der Waals surface area (Å²) in [6, 6.07) is 20.0. The lowest BCUT2D eigenvalue weighted by molar-refractivity contribution is -0.228. The predicted molar refractivity (Wildman–Crippen MR) is 101 cm³/mol. The van der Waals surface area contributed by atoms with E-state index in [4.69, 9.17) is 28.4 Å². The second-order valence-electron chi connectivity index (χ2n) is 6.93. The van der Waals surface area contributed by atoms with E-state index in [2.05, 4.69) is 0 Å². The molecule has 6 heteroatoms. The quantitative estimate of drug-likeness (QED) is 0.695. The maximum atomic E-state index is 6.12. The van der Waals surface area contributed by atoms with E-state index in [0.29, 0.717) is 13.2 Å². The Balaban J connectivity index is 1.43. The van der Waals surface area contributed by atoms with Gasteiger partial charge >= 0.3 is 0 Å². The topological polar surface area (TPSA) is 55.4 Å². The second kappa shape index (κ2) is 9.13. The zero-order valence-corrected chi connectivity index (χ0v) is 16.1. The van der Waals surface area contributed by atoms with E-state index in [1.807, 2.05) is 60.7 Å². The number of hydrogen-bond donors (Lipinski definition) is 0. The first-order valence-corrected chi connectivity index (χ1v) is 9.47. The minimum Gasteiger partial charge on any atom is -0.365 e. The molecule has 0 N–H and O–H groups in total. The molecule has 0 saturated carbocycles. The summed E-state index contributed by atoms with van der Waals surface area (Å²) in [5, 5.41) is 0. The van der Waals surface area contributed by atoms with E-state index in [1.165, 1.54) is 0 Å². The third-order valence-corrected chi connectivity index (χ3v) is 5.13. The van der Waals surface area contributed by atoms with Crippen molar-refractivity contribution in [3.63, 3.8) is 0 Å². The van der Waals surface area contributed by atoms with Crippen molar-refractivity contribution in [1.29, 1.82) is 0 Å². The van der Waals surface area contributed by atoms with Crippen LogP contribution in [0, 0.1) is 0 Å². The minimum absolute atomic E-state index is 0.320. The molecule has 2 unspecified atom stereocenters. The van der Waals surface area contributed by atoms with Crippen LogP contribution in [0.4, 0.5) is 0 Å². The van der Waals surface area contributed by atoms with E-state index >= 15 is 0 Å². The lowest BCUT2D eigenvalue weighted by Crippen LogP contribution is -2.36. The maximum Gasteiger partial charge on any atom is 0.186 e. The van der Waals surface area contributed by atoms with Gasteiger partial charge in [-0.3, -0.25) is 0 Å². The number of ether oxygens (including phenoxy) is 6. The molecule has 2 fully saturated rings. The molecule has 6 nitrogen and oxygen atoms in total. The number of fused-ring (bicyclic) bond motifs is 1. The first kappa shape index (κ1) is 19.5. The van der Waals surface area contributed by atoms with Crippen molar-refractivity contribution in [3.8, 4) is 0 Å². The van der Waals surface area contributed by atoms with Gasteiger partial charge < -0.3 is 28.4 Å². The average molecular weight is 386 g/mol. The molecule has 28 heavy (non-hydrogen) atoms. The molecule has 0 radical (unpaired) electrons. The fraction of sp³-hybridized carbons (Fsp3) is 0.455. The second-order valence-corrected chi connectivity index (χ2v) is 6.93. The summed E-state index contributed by atoms with van der Waals surface area (Å²) in [6.07, 6.45) is -2.39. The highest BCUT2D eigenvalue weighted by molar-refractivity contribution is 5.14. The van der Waals surface area contributed by atoms with Crippen molar-refractivity contribution in [2.75, 3.05) is 14.2 Å². The van der Waals surface area contributed by atoms with Crippen molar-refractivity contribution in [2.24, 2.45) is 0 Å². The molecule has 2 heterocycles. The Bertz CT molecular complexity index is 661. The largest absolute Gasteiger partial charge is 0.365 e. The van der Waals surface area contributed by atoms with Gasteiger partial charge in [-0.25, -0.2) is 0 Å². The third kappa shape index (κ3) is 4.12. The van der Waals surface area contributed by atoms with Gasteiger partial charge in [-0.2, -0.15) is 0 Å². The van der Waals surface area contributed by atoms with Gasteiger partial charge in [0.05, 0.1) is 13.2 Å². The van der Waals surface area contributed by atoms with Crippen LogP contribution in [0.15, 0.2) is 60.7 Å². The zero-order chi connectivity index (χ0) is 19.3. The van der Waals surface area contributed by atoms with Crippen molar-refractivity contribution >= 4 is 0 Å². The van der Waals surface area contributed by atoms with Crippen molar-refractivity contribution < 1.29 is 28.4 Å². The first-order valence-electron chi connectivity index (χ1n) is 9.47. The van der Waals surface area contributed by atoms with Crippen LogP contribution in [0.5, 0.6) is 0 Å². The van der Waals surface area contributed by atoms with Crippen LogP contribution in [0.3, 0.4) is 0 Å². The standard InChI is InChI=1S/C22H26O6/c1-23-21-19(25-13-15-9-5-3-6-10-15)17-18(27-21)20(22(24-2)28-17)26-14-16-11-7-4-8-12-16/h3-12,17-22H,13-14H2,1-2H3/t17-,18-,19-,20-,21?,22?/m1/s1. The molecular weight excluding hydrogens is 360 g/mol. The number of benzene rings is 2.